The molecule has 1 saturated heterocycles. The molecule has 1 N–H and O–H groups in total. The molecule has 0 radical (unpaired) electrons. The first kappa shape index (κ1) is 17.2. The average Bonchev–Trinajstić information content (AvgIpc) is 2.63. The summed E-state index contributed by atoms with van der Waals surface area (Å²) < 4.78 is 0. The van der Waals surface area contributed by atoms with Gasteiger partial charge in [-0.15, -0.1) is 0 Å². The fraction of sp³-hybridized carbons (Fsp3) is 0.278. The van der Waals surface area contributed by atoms with Crippen LogP contribution in [0.3, 0.4) is 0 Å². The highest BCUT2D eigenvalue weighted by molar-refractivity contribution is 6.30. The van der Waals surface area contributed by atoms with Gasteiger partial charge in [0.2, 0.25) is 0 Å². The fourth-order valence-corrected chi connectivity index (χ4v) is 3.14. The highest BCUT2D eigenvalue weighted by Crippen LogP contribution is 2.25. The maximum atomic E-state index is 12.6. The van der Waals surface area contributed by atoms with Gasteiger partial charge in [-0.05, 0) is 36.8 Å². The second kappa shape index (κ2) is 7.11. The summed E-state index contributed by atoms with van der Waals surface area (Å²) >= 11 is 6.09. The van der Waals surface area contributed by atoms with Gasteiger partial charge >= 0.3 is 5.97 Å². The number of anilines is 1. The smallest absolute Gasteiger partial charge is 0.338 e. The third-order valence-corrected chi connectivity index (χ3v) is 4.55. The van der Waals surface area contributed by atoms with Gasteiger partial charge in [-0.25, -0.2) is 4.79 Å². The predicted octanol–water partition coefficient (Wildman–Crippen LogP) is 2.70. The lowest BCUT2D eigenvalue weighted by molar-refractivity contribution is 0.0669. The molecule has 0 bridgehead atoms. The number of amides is 1. The number of aromatic carboxylic acids is 1. The maximum absolute atomic E-state index is 12.6. The first-order valence-electron chi connectivity index (χ1n) is 7.96. The number of aryl methyl sites for hydroxylation is 1. The van der Waals surface area contributed by atoms with Crippen LogP contribution in [-0.2, 0) is 0 Å². The van der Waals surface area contributed by atoms with E-state index in [0.29, 0.717) is 31.2 Å². The summed E-state index contributed by atoms with van der Waals surface area (Å²) in [5.74, 6) is -1.50. The van der Waals surface area contributed by atoms with Crippen molar-refractivity contribution in [3.05, 3.63) is 58.4 Å². The van der Waals surface area contributed by atoms with E-state index in [0.717, 1.165) is 11.3 Å². The monoisotopic (exact) mass is 359 g/mol. The van der Waals surface area contributed by atoms with Crippen LogP contribution in [0.25, 0.3) is 0 Å². The summed E-state index contributed by atoms with van der Waals surface area (Å²) in [5, 5.41) is 9.91. The van der Waals surface area contributed by atoms with Crippen molar-refractivity contribution in [1.82, 2.24) is 9.88 Å². The number of hydrogen-bond acceptors (Lipinski definition) is 4. The lowest BCUT2D eigenvalue weighted by atomic mass is 10.1. The molecule has 1 amide bonds. The van der Waals surface area contributed by atoms with Crippen molar-refractivity contribution in [3.8, 4) is 0 Å². The molecule has 1 aromatic heterocycles. The van der Waals surface area contributed by atoms with Gasteiger partial charge in [-0.3, -0.25) is 9.78 Å². The van der Waals surface area contributed by atoms with Crippen LogP contribution in [-0.4, -0.2) is 53.0 Å². The molecule has 0 atom stereocenters. The van der Waals surface area contributed by atoms with Crippen molar-refractivity contribution < 1.29 is 14.7 Å². The minimum absolute atomic E-state index is 0.0117. The number of carbonyl (C=O) groups is 2. The summed E-state index contributed by atoms with van der Waals surface area (Å²) in [7, 11) is 0. The lowest BCUT2D eigenvalue weighted by Crippen LogP contribution is -2.49. The van der Waals surface area contributed by atoms with Crippen LogP contribution < -0.4 is 4.90 Å². The van der Waals surface area contributed by atoms with Crippen LogP contribution in [0, 0.1) is 6.92 Å². The molecule has 130 valence electrons. The van der Waals surface area contributed by atoms with Gasteiger partial charge < -0.3 is 14.9 Å². The number of benzene rings is 1. The normalized spacial score (nSPS) is 14.5. The zero-order valence-electron chi connectivity index (χ0n) is 13.8. The standard InChI is InChI=1S/C18H18ClN3O3/c1-12-4-5-13(19)11-15(12)21-7-9-22(10-8-21)17(23)16-14(18(24)25)3-2-6-20-16/h2-6,11H,7-10H2,1H3,(H,24,25). The zero-order valence-corrected chi connectivity index (χ0v) is 14.5. The van der Waals surface area contributed by atoms with E-state index < -0.39 is 5.97 Å². The van der Waals surface area contributed by atoms with Gasteiger partial charge in [-0.1, -0.05) is 17.7 Å². The number of nitrogens with zero attached hydrogens (tertiary/aromatic N) is 3. The molecular formula is C18H18ClN3O3. The third-order valence-electron chi connectivity index (χ3n) is 4.32. The topological polar surface area (TPSA) is 73.7 Å². The summed E-state index contributed by atoms with van der Waals surface area (Å²) in [4.78, 5) is 31.7. The predicted molar refractivity (Wildman–Crippen MR) is 95.5 cm³/mol. The molecule has 0 aliphatic carbocycles. The highest BCUT2D eigenvalue weighted by Gasteiger charge is 2.27. The van der Waals surface area contributed by atoms with Gasteiger partial charge in [0.15, 0.2) is 0 Å². The van der Waals surface area contributed by atoms with Crippen molar-refractivity contribution in [2.75, 3.05) is 31.1 Å². The highest BCUT2D eigenvalue weighted by atomic mass is 35.5. The van der Waals surface area contributed by atoms with Gasteiger partial charge in [0.25, 0.3) is 5.91 Å². The summed E-state index contributed by atoms with van der Waals surface area (Å²) in [5.41, 5.74) is 2.11. The molecule has 1 aliphatic heterocycles. The quantitative estimate of drug-likeness (QED) is 0.912. The molecule has 25 heavy (non-hydrogen) atoms. The molecule has 6 nitrogen and oxygen atoms in total. The average molecular weight is 360 g/mol. The van der Waals surface area contributed by atoms with Crippen molar-refractivity contribution in [3.63, 3.8) is 0 Å². The zero-order chi connectivity index (χ0) is 18.0. The molecule has 1 fully saturated rings. The summed E-state index contributed by atoms with van der Waals surface area (Å²) in [6.07, 6.45) is 1.44. The van der Waals surface area contributed by atoms with E-state index in [9.17, 15) is 14.7 Å². The van der Waals surface area contributed by atoms with Crippen LogP contribution in [0.2, 0.25) is 5.02 Å². The van der Waals surface area contributed by atoms with E-state index in [2.05, 4.69) is 9.88 Å². The Balaban J connectivity index is 1.73. The minimum atomic E-state index is -1.15. The molecule has 1 aliphatic rings. The summed E-state index contributed by atoms with van der Waals surface area (Å²) in [6, 6.07) is 8.67. The fourth-order valence-electron chi connectivity index (χ4n) is 2.97. The van der Waals surface area contributed by atoms with Crippen molar-refractivity contribution in [2.24, 2.45) is 0 Å². The van der Waals surface area contributed by atoms with E-state index in [1.54, 1.807) is 4.90 Å². The Morgan fingerprint density at radius 1 is 1.16 bits per heavy atom. The second-order valence-corrected chi connectivity index (χ2v) is 6.35. The van der Waals surface area contributed by atoms with Gasteiger partial charge in [-0.2, -0.15) is 0 Å². The number of carboxylic acid groups (broad SMARTS) is 1. The number of aromatic nitrogens is 1. The number of halogens is 1. The molecular weight excluding hydrogens is 342 g/mol. The number of piperazine rings is 1. The van der Waals surface area contributed by atoms with Gasteiger partial charge in [0.1, 0.15) is 5.69 Å². The van der Waals surface area contributed by atoms with E-state index in [1.165, 1.54) is 18.3 Å². The molecule has 0 saturated carbocycles. The Labute approximate surface area is 150 Å². The first-order valence-corrected chi connectivity index (χ1v) is 8.34. The second-order valence-electron chi connectivity index (χ2n) is 5.91. The van der Waals surface area contributed by atoms with Gasteiger partial charge in [0, 0.05) is 43.1 Å². The Morgan fingerprint density at radius 3 is 2.56 bits per heavy atom. The van der Waals surface area contributed by atoms with Crippen LogP contribution >= 0.6 is 11.6 Å². The van der Waals surface area contributed by atoms with Crippen LogP contribution in [0.15, 0.2) is 36.5 Å². The van der Waals surface area contributed by atoms with Crippen molar-refractivity contribution >= 4 is 29.2 Å². The van der Waals surface area contributed by atoms with Crippen molar-refractivity contribution in [2.45, 2.75) is 6.92 Å². The van der Waals surface area contributed by atoms with Crippen LogP contribution in [0.4, 0.5) is 5.69 Å². The first-order chi connectivity index (χ1) is 12.0. The van der Waals surface area contributed by atoms with E-state index in [-0.39, 0.29) is 17.2 Å². The largest absolute Gasteiger partial charge is 0.478 e. The molecule has 0 unspecified atom stereocenters. The molecule has 2 aromatic rings. The number of carbonyl (C=O) groups excluding carboxylic acids is 1. The Hall–Kier alpha value is -2.60. The number of carboxylic acids is 1. The van der Waals surface area contributed by atoms with Crippen molar-refractivity contribution in [1.29, 1.82) is 0 Å². The van der Waals surface area contributed by atoms with Crippen LogP contribution in [0.5, 0.6) is 0 Å². The molecule has 1 aromatic carbocycles. The van der Waals surface area contributed by atoms with E-state index in [4.69, 9.17) is 11.6 Å². The maximum Gasteiger partial charge on any atom is 0.338 e. The SMILES string of the molecule is Cc1ccc(Cl)cc1N1CCN(C(=O)c2ncccc2C(=O)O)CC1. The minimum Gasteiger partial charge on any atom is -0.478 e. The lowest BCUT2D eigenvalue weighted by Gasteiger charge is -2.36. The Bertz CT molecular complexity index is 817. The molecule has 7 heteroatoms. The van der Waals surface area contributed by atoms with Gasteiger partial charge in [0.05, 0.1) is 5.56 Å². The third kappa shape index (κ3) is 3.58. The summed E-state index contributed by atoms with van der Waals surface area (Å²) in [6.45, 7) is 4.33. The molecule has 0 spiro atoms. The number of rotatable bonds is 3. The number of hydrogen-bond donors (Lipinski definition) is 1. The van der Waals surface area contributed by atoms with E-state index >= 15 is 0 Å². The molecule has 2 heterocycles. The Morgan fingerprint density at radius 2 is 1.88 bits per heavy atom. The Kier molecular flexibility index (Phi) is 4.90. The van der Waals surface area contributed by atoms with E-state index in [1.807, 2.05) is 25.1 Å². The molecule has 3 rings (SSSR count). The number of pyridine rings is 1. The van der Waals surface area contributed by atoms with Crippen LogP contribution in [0.1, 0.15) is 26.4 Å².